The van der Waals surface area contributed by atoms with Crippen LogP contribution in [0, 0.1) is 0 Å². The first-order chi connectivity index (χ1) is 10.3. The fourth-order valence-corrected chi connectivity index (χ4v) is 2.66. The van der Waals surface area contributed by atoms with Crippen molar-refractivity contribution >= 4 is 11.5 Å². The van der Waals surface area contributed by atoms with Crippen molar-refractivity contribution in [2.45, 2.75) is 59.8 Å². The average Bonchev–Trinajstić information content (AvgIpc) is 2.43. The monoisotopic (exact) mass is 299 g/mol. The van der Waals surface area contributed by atoms with E-state index in [0.717, 1.165) is 17.0 Å². The molecule has 0 heterocycles. The van der Waals surface area contributed by atoms with Gasteiger partial charge in [-0.1, -0.05) is 52.0 Å². The number of benzene rings is 1. The summed E-state index contributed by atoms with van der Waals surface area (Å²) in [6, 6.07) is 6.44. The van der Waals surface area contributed by atoms with Crippen molar-refractivity contribution in [2.75, 3.05) is 5.32 Å². The molecular formula is C20H29NO. The Morgan fingerprint density at radius 2 is 1.64 bits per heavy atom. The van der Waals surface area contributed by atoms with Gasteiger partial charge in [0.1, 0.15) is 0 Å². The predicted molar refractivity (Wildman–Crippen MR) is 96.4 cm³/mol. The fraction of sp³-hybridized carbons (Fsp3) is 0.450. The highest BCUT2D eigenvalue weighted by Crippen LogP contribution is 2.33. The van der Waals surface area contributed by atoms with Gasteiger partial charge in [0.05, 0.1) is 0 Å². The van der Waals surface area contributed by atoms with Gasteiger partial charge in [0.15, 0.2) is 5.78 Å². The van der Waals surface area contributed by atoms with E-state index in [-0.39, 0.29) is 5.78 Å². The first-order valence-electron chi connectivity index (χ1n) is 8.00. The number of allylic oxidation sites excluding steroid dienone is 3. The van der Waals surface area contributed by atoms with Gasteiger partial charge in [-0.2, -0.15) is 0 Å². The van der Waals surface area contributed by atoms with Gasteiger partial charge in [0.25, 0.3) is 0 Å². The van der Waals surface area contributed by atoms with Crippen molar-refractivity contribution < 1.29 is 4.79 Å². The number of rotatable bonds is 7. The SMILES string of the molecule is C=CC/C(C(C)=O)=C(/C)Nc1c(C(C)C)cccc1C(C)C. The average molecular weight is 299 g/mol. The second kappa shape index (κ2) is 7.98. The molecule has 0 saturated carbocycles. The Kier molecular flexibility index (Phi) is 6.61. The molecule has 0 bridgehead atoms. The lowest BCUT2D eigenvalue weighted by molar-refractivity contribution is -0.113. The van der Waals surface area contributed by atoms with Crippen LogP contribution in [0.4, 0.5) is 5.69 Å². The van der Waals surface area contributed by atoms with Crippen LogP contribution < -0.4 is 5.32 Å². The van der Waals surface area contributed by atoms with Gasteiger partial charge in [-0.05, 0) is 43.2 Å². The van der Waals surface area contributed by atoms with Crippen LogP contribution in [0.3, 0.4) is 0 Å². The number of ketones is 1. The summed E-state index contributed by atoms with van der Waals surface area (Å²) in [6.45, 7) is 16.1. The van der Waals surface area contributed by atoms with E-state index in [9.17, 15) is 4.79 Å². The topological polar surface area (TPSA) is 29.1 Å². The third-order valence-electron chi connectivity index (χ3n) is 3.91. The molecule has 1 aromatic rings. The molecule has 2 nitrogen and oxygen atoms in total. The number of nitrogens with one attached hydrogen (secondary N) is 1. The number of carbonyl (C=O) groups excluding carboxylic acids is 1. The molecule has 0 radical (unpaired) electrons. The highest BCUT2D eigenvalue weighted by molar-refractivity contribution is 5.94. The highest BCUT2D eigenvalue weighted by atomic mass is 16.1. The zero-order valence-corrected chi connectivity index (χ0v) is 14.8. The fourth-order valence-electron chi connectivity index (χ4n) is 2.66. The van der Waals surface area contributed by atoms with Gasteiger partial charge in [0.2, 0.25) is 0 Å². The van der Waals surface area contributed by atoms with E-state index in [1.54, 1.807) is 13.0 Å². The summed E-state index contributed by atoms with van der Waals surface area (Å²) in [6.07, 6.45) is 2.37. The van der Waals surface area contributed by atoms with Gasteiger partial charge in [-0.3, -0.25) is 4.79 Å². The molecule has 1 rings (SSSR count). The van der Waals surface area contributed by atoms with E-state index in [0.29, 0.717) is 18.3 Å². The minimum atomic E-state index is 0.0954. The molecule has 120 valence electrons. The number of carbonyl (C=O) groups is 1. The molecule has 2 heteroatoms. The molecule has 1 aromatic carbocycles. The minimum Gasteiger partial charge on any atom is -0.358 e. The van der Waals surface area contributed by atoms with Crippen LogP contribution in [-0.4, -0.2) is 5.78 Å². The van der Waals surface area contributed by atoms with Crippen LogP contribution >= 0.6 is 0 Å². The molecule has 1 N–H and O–H groups in total. The lowest BCUT2D eigenvalue weighted by Crippen LogP contribution is -2.10. The molecule has 0 atom stereocenters. The third kappa shape index (κ3) is 4.33. The Morgan fingerprint density at radius 3 is 2.00 bits per heavy atom. The third-order valence-corrected chi connectivity index (χ3v) is 3.91. The summed E-state index contributed by atoms with van der Waals surface area (Å²) in [4.78, 5) is 11.9. The summed E-state index contributed by atoms with van der Waals surface area (Å²) in [5.74, 6) is 0.946. The maximum Gasteiger partial charge on any atom is 0.157 e. The summed E-state index contributed by atoms with van der Waals surface area (Å²) < 4.78 is 0. The molecule has 0 unspecified atom stereocenters. The highest BCUT2D eigenvalue weighted by Gasteiger charge is 2.15. The quantitative estimate of drug-likeness (QED) is 0.510. The zero-order chi connectivity index (χ0) is 16.9. The van der Waals surface area contributed by atoms with Gasteiger partial charge < -0.3 is 5.32 Å². The number of Topliss-reactive ketones (excluding diaryl/α,β-unsaturated/α-hetero) is 1. The number of anilines is 1. The van der Waals surface area contributed by atoms with Crippen LogP contribution in [-0.2, 0) is 4.79 Å². The van der Waals surface area contributed by atoms with Crippen LogP contribution in [0.25, 0.3) is 0 Å². The molecule has 22 heavy (non-hydrogen) atoms. The minimum absolute atomic E-state index is 0.0954. The maximum atomic E-state index is 11.9. The first kappa shape index (κ1) is 18.2. The van der Waals surface area contributed by atoms with Gasteiger partial charge in [-0.15, -0.1) is 6.58 Å². The van der Waals surface area contributed by atoms with Crippen molar-refractivity contribution in [2.24, 2.45) is 0 Å². The van der Waals surface area contributed by atoms with Crippen molar-refractivity contribution in [1.82, 2.24) is 0 Å². The smallest absolute Gasteiger partial charge is 0.157 e. The van der Waals surface area contributed by atoms with Gasteiger partial charge in [-0.25, -0.2) is 0 Å². The molecule has 0 aliphatic rings. The Labute approximate surface area is 135 Å². The molecule has 0 aliphatic carbocycles. The number of hydrogen-bond acceptors (Lipinski definition) is 2. The second-order valence-electron chi connectivity index (χ2n) is 6.40. The number of hydrogen-bond donors (Lipinski definition) is 1. The normalized spacial score (nSPS) is 12.4. The first-order valence-corrected chi connectivity index (χ1v) is 8.00. The molecule has 0 saturated heterocycles. The van der Waals surface area contributed by atoms with E-state index in [1.165, 1.54) is 11.1 Å². The predicted octanol–water partition coefficient (Wildman–Crippen LogP) is 5.78. The van der Waals surface area contributed by atoms with E-state index in [2.05, 4.69) is 57.8 Å². The Hall–Kier alpha value is -1.83. The Balaban J connectivity index is 3.39. The molecule has 0 spiro atoms. The molecule has 0 aromatic heterocycles. The van der Waals surface area contributed by atoms with E-state index >= 15 is 0 Å². The van der Waals surface area contributed by atoms with Crippen molar-refractivity contribution in [3.05, 3.63) is 53.3 Å². The number of para-hydroxylation sites is 1. The summed E-state index contributed by atoms with van der Waals surface area (Å²) >= 11 is 0. The van der Waals surface area contributed by atoms with Crippen LogP contribution in [0.2, 0.25) is 0 Å². The molecular weight excluding hydrogens is 270 g/mol. The lowest BCUT2D eigenvalue weighted by atomic mass is 9.92. The Bertz CT molecular complexity index is 553. The van der Waals surface area contributed by atoms with Crippen molar-refractivity contribution in [3.63, 3.8) is 0 Å². The van der Waals surface area contributed by atoms with E-state index in [1.807, 2.05) is 6.92 Å². The molecule has 0 aliphatic heterocycles. The summed E-state index contributed by atoms with van der Waals surface area (Å²) in [5, 5.41) is 3.52. The zero-order valence-electron chi connectivity index (χ0n) is 14.8. The summed E-state index contributed by atoms with van der Waals surface area (Å²) in [5.41, 5.74) is 5.43. The molecule has 0 fully saturated rings. The summed E-state index contributed by atoms with van der Waals surface area (Å²) in [7, 11) is 0. The van der Waals surface area contributed by atoms with E-state index < -0.39 is 0 Å². The van der Waals surface area contributed by atoms with Crippen LogP contribution in [0.5, 0.6) is 0 Å². The Morgan fingerprint density at radius 1 is 1.14 bits per heavy atom. The maximum absolute atomic E-state index is 11.9. The van der Waals surface area contributed by atoms with Crippen molar-refractivity contribution in [1.29, 1.82) is 0 Å². The largest absolute Gasteiger partial charge is 0.358 e. The van der Waals surface area contributed by atoms with Gasteiger partial charge in [0, 0.05) is 17.0 Å². The molecule has 0 amide bonds. The second-order valence-corrected chi connectivity index (χ2v) is 6.40. The van der Waals surface area contributed by atoms with Gasteiger partial charge >= 0.3 is 0 Å². The standard InChI is InChI=1S/C20H29NO/c1-8-10-19(16(7)22)15(6)21-20-17(13(2)3)11-9-12-18(20)14(4)5/h8-9,11-14,21H,1,10H2,2-7H3/b19-15+. The van der Waals surface area contributed by atoms with Crippen LogP contribution in [0.1, 0.15) is 70.9 Å². The van der Waals surface area contributed by atoms with Crippen LogP contribution in [0.15, 0.2) is 42.1 Å². The van der Waals surface area contributed by atoms with E-state index in [4.69, 9.17) is 0 Å². The van der Waals surface area contributed by atoms with Crippen molar-refractivity contribution in [3.8, 4) is 0 Å². The lowest BCUT2D eigenvalue weighted by Gasteiger charge is -2.22.